The van der Waals surface area contributed by atoms with Gasteiger partial charge in [-0.05, 0) is 18.2 Å². The number of aromatic nitrogens is 5. The molecule has 0 aliphatic heterocycles. The van der Waals surface area contributed by atoms with Crippen molar-refractivity contribution in [3.63, 3.8) is 0 Å². The zero-order chi connectivity index (χ0) is 15.2. The van der Waals surface area contributed by atoms with Gasteiger partial charge in [-0.15, -0.1) is 10.2 Å². The summed E-state index contributed by atoms with van der Waals surface area (Å²) in [6.07, 6.45) is 5.48. The summed E-state index contributed by atoms with van der Waals surface area (Å²) in [4.78, 5) is 19.9. The standard InChI is InChI=1S/C14H15N7O/c22-13(5-8-17-14-15-6-3-7-16-14)18-10-12-20-19-11-4-1-2-9-21(11)12/h1-4,6-7,9H,5,8,10H2,(H,18,22)(H,15,16,17). The zero-order valence-electron chi connectivity index (χ0n) is 11.8. The molecular weight excluding hydrogens is 282 g/mol. The fraction of sp³-hybridized carbons (Fsp3) is 0.214. The van der Waals surface area contributed by atoms with Gasteiger partial charge in [0.1, 0.15) is 0 Å². The third kappa shape index (κ3) is 3.35. The van der Waals surface area contributed by atoms with Crippen LogP contribution in [0.3, 0.4) is 0 Å². The summed E-state index contributed by atoms with van der Waals surface area (Å²) in [6.45, 7) is 0.808. The molecule has 0 aliphatic rings. The van der Waals surface area contributed by atoms with Crippen molar-refractivity contribution in [1.82, 2.24) is 29.9 Å². The molecular formula is C14H15N7O. The second-order valence-corrected chi connectivity index (χ2v) is 4.57. The Bertz CT molecular complexity index is 756. The molecule has 3 aromatic rings. The van der Waals surface area contributed by atoms with Crippen LogP contribution < -0.4 is 10.6 Å². The number of carbonyl (C=O) groups excluding carboxylic acids is 1. The van der Waals surface area contributed by atoms with Gasteiger partial charge < -0.3 is 10.6 Å². The molecule has 2 N–H and O–H groups in total. The van der Waals surface area contributed by atoms with E-state index in [9.17, 15) is 4.79 Å². The van der Waals surface area contributed by atoms with Gasteiger partial charge in [0, 0.05) is 31.6 Å². The Labute approximate surface area is 126 Å². The molecule has 0 saturated heterocycles. The van der Waals surface area contributed by atoms with Gasteiger partial charge in [0.15, 0.2) is 11.5 Å². The molecule has 0 aromatic carbocycles. The topological polar surface area (TPSA) is 97.1 Å². The lowest BCUT2D eigenvalue weighted by Crippen LogP contribution is -2.26. The van der Waals surface area contributed by atoms with Crippen molar-refractivity contribution >= 4 is 17.5 Å². The molecule has 0 bridgehead atoms. The Kier molecular flexibility index (Phi) is 4.19. The van der Waals surface area contributed by atoms with Crippen LogP contribution in [-0.4, -0.2) is 37.0 Å². The van der Waals surface area contributed by atoms with Gasteiger partial charge in [-0.2, -0.15) is 0 Å². The number of hydrogen-bond acceptors (Lipinski definition) is 6. The van der Waals surface area contributed by atoms with Crippen LogP contribution in [0.2, 0.25) is 0 Å². The van der Waals surface area contributed by atoms with Crippen LogP contribution in [-0.2, 0) is 11.3 Å². The van der Waals surface area contributed by atoms with E-state index >= 15 is 0 Å². The molecule has 0 radical (unpaired) electrons. The van der Waals surface area contributed by atoms with E-state index in [-0.39, 0.29) is 5.91 Å². The summed E-state index contributed by atoms with van der Waals surface area (Å²) >= 11 is 0. The predicted octanol–water partition coefficient (Wildman–Crippen LogP) is 0.638. The van der Waals surface area contributed by atoms with Crippen molar-refractivity contribution in [2.45, 2.75) is 13.0 Å². The van der Waals surface area contributed by atoms with Crippen molar-refractivity contribution < 1.29 is 4.79 Å². The molecule has 22 heavy (non-hydrogen) atoms. The first kappa shape index (κ1) is 13.9. The quantitative estimate of drug-likeness (QED) is 0.693. The number of rotatable bonds is 6. The van der Waals surface area contributed by atoms with E-state index in [4.69, 9.17) is 0 Å². The van der Waals surface area contributed by atoms with Crippen LogP contribution in [0.5, 0.6) is 0 Å². The lowest BCUT2D eigenvalue weighted by Gasteiger charge is -2.05. The molecule has 0 unspecified atom stereocenters. The summed E-state index contributed by atoms with van der Waals surface area (Å²) in [5.74, 6) is 1.14. The average Bonchev–Trinajstić information content (AvgIpc) is 2.97. The summed E-state index contributed by atoms with van der Waals surface area (Å²) in [5, 5.41) is 13.9. The van der Waals surface area contributed by atoms with E-state index in [1.54, 1.807) is 18.5 Å². The van der Waals surface area contributed by atoms with Crippen LogP contribution in [0.1, 0.15) is 12.2 Å². The number of nitrogens with zero attached hydrogens (tertiary/aromatic N) is 5. The number of carbonyl (C=O) groups is 1. The van der Waals surface area contributed by atoms with Gasteiger partial charge in [-0.3, -0.25) is 9.20 Å². The maximum Gasteiger partial charge on any atom is 0.222 e. The van der Waals surface area contributed by atoms with Gasteiger partial charge in [0.2, 0.25) is 11.9 Å². The monoisotopic (exact) mass is 297 g/mol. The van der Waals surface area contributed by atoms with E-state index in [1.165, 1.54) is 0 Å². The highest BCUT2D eigenvalue weighted by atomic mass is 16.1. The Balaban J connectivity index is 1.46. The minimum atomic E-state index is -0.0730. The molecule has 8 nitrogen and oxygen atoms in total. The van der Waals surface area contributed by atoms with Gasteiger partial charge in [0.25, 0.3) is 0 Å². The zero-order valence-corrected chi connectivity index (χ0v) is 11.8. The predicted molar refractivity (Wildman–Crippen MR) is 80.0 cm³/mol. The second kappa shape index (κ2) is 6.61. The maximum atomic E-state index is 11.8. The minimum absolute atomic E-state index is 0.0730. The molecule has 1 amide bonds. The van der Waals surface area contributed by atoms with Crippen LogP contribution in [0.4, 0.5) is 5.95 Å². The molecule has 3 heterocycles. The highest BCUT2D eigenvalue weighted by Gasteiger charge is 2.06. The van der Waals surface area contributed by atoms with Gasteiger partial charge >= 0.3 is 0 Å². The lowest BCUT2D eigenvalue weighted by atomic mass is 10.4. The van der Waals surface area contributed by atoms with E-state index in [2.05, 4.69) is 30.8 Å². The highest BCUT2D eigenvalue weighted by Crippen LogP contribution is 2.02. The number of hydrogen-bond donors (Lipinski definition) is 2. The van der Waals surface area contributed by atoms with E-state index < -0.39 is 0 Å². The largest absolute Gasteiger partial charge is 0.354 e. The molecule has 8 heteroatoms. The minimum Gasteiger partial charge on any atom is -0.354 e. The summed E-state index contributed by atoms with van der Waals surface area (Å²) in [7, 11) is 0. The molecule has 0 saturated carbocycles. The second-order valence-electron chi connectivity index (χ2n) is 4.57. The lowest BCUT2D eigenvalue weighted by molar-refractivity contribution is -0.121. The first-order valence-corrected chi connectivity index (χ1v) is 6.89. The number of anilines is 1. The third-order valence-corrected chi connectivity index (χ3v) is 3.03. The normalized spacial score (nSPS) is 10.5. The fourth-order valence-corrected chi connectivity index (χ4v) is 1.96. The Morgan fingerprint density at radius 3 is 2.86 bits per heavy atom. The molecule has 3 rings (SSSR count). The summed E-state index contributed by atoms with van der Waals surface area (Å²) in [6, 6.07) is 7.39. The first-order valence-electron chi connectivity index (χ1n) is 6.89. The maximum absolute atomic E-state index is 11.8. The molecule has 0 aliphatic carbocycles. The Morgan fingerprint density at radius 1 is 1.14 bits per heavy atom. The van der Waals surface area contributed by atoms with Crippen LogP contribution in [0, 0.1) is 0 Å². The molecule has 0 fully saturated rings. The Hall–Kier alpha value is -3.03. The van der Waals surface area contributed by atoms with E-state index in [0.29, 0.717) is 31.3 Å². The van der Waals surface area contributed by atoms with Crippen LogP contribution in [0.25, 0.3) is 5.65 Å². The van der Waals surface area contributed by atoms with E-state index in [1.807, 2.05) is 28.8 Å². The SMILES string of the molecule is O=C(CCNc1ncccn1)NCc1nnc2ccccn12. The van der Waals surface area contributed by atoms with Gasteiger partial charge in [-0.1, -0.05) is 6.07 Å². The van der Waals surface area contributed by atoms with Crippen LogP contribution >= 0.6 is 0 Å². The number of fused-ring (bicyclic) bond motifs is 1. The number of pyridine rings is 1. The highest BCUT2D eigenvalue weighted by molar-refractivity contribution is 5.76. The summed E-state index contributed by atoms with van der Waals surface area (Å²) in [5.41, 5.74) is 0.759. The van der Waals surface area contributed by atoms with Crippen LogP contribution in [0.15, 0.2) is 42.9 Å². The van der Waals surface area contributed by atoms with Crippen molar-refractivity contribution in [1.29, 1.82) is 0 Å². The molecule has 0 atom stereocenters. The third-order valence-electron chi connectivity index (χ3n) is 3.03. The van der Waals surface area contributed by atoms with Gasteiger partial charge in [0.05, 0.1) is 6.54 Å². The summed E-state index contributed by atoms with van der Waals surface area (Å²) < 4.78 is 1.84. The van der Waals surface area contributed by atoms with E-state index in [0.717, 1.165) is 5.65 Å². The number of nitrogens with one attached hydrogen (secondary N) is 2. The molecule has 112 valence electrons. The smallest absolute Gasteiger partial charge is 0.222 e. The fourth-order valence-electron chi connectivity index (χ4n) is 1.96. The van der Waals surface area contributed by atoms with Gasteiger partial charge in [-0.25, -0.2) is 9.97 Å². The van der Waals surface area contributed by atoms with Crippen molar-refractivity contribution in [2.75, 3.05) is 11.9 Å². The van der Waals surface area contributed by atoms with Crippen molar-refractivity contribution in [3.8, 4) is 0 Å². The number of amides is 1. The average molecular weight is 297 g/mol. The Morgan fingerprint density at radius 2 is 2.00 bits per heavy atom. The first-order chi connectivity index (χ1) is 10.8. The van der Waals surface area contributed by atoms with Crippen molar-refractivity contribution in [3.05, 3.63) is 48.7 Å². The molecule has 3 aromatic heterocycles. The van der Waals surface area contributed by atoms with Crippen molar-refractivity contribution in [2.24, 2.45) is 0 Å². The molecule has 0 spiro atoms.